The van der Waals surface area contributed by atoms with Crippen molar-refractivity contribution in [1.29, 1.82) is 0 Å². The fraction of sp³-hybridized carbons (Fsp3) is 1.00. The van der Waals surface area contributed by atoms with Gasteiger partial charge in [0, 0.05) is 19.2 Å². The van der Waals surface area contributed by atoms with E-state index in [4.69, 9.17) is 4.74 Å². The van der Waals surface area contributed by atoms with Gasteiger partial charge in [-0.15, -0.1) is 0 Å². The Morgan fingerprint density at radius 2 is 2.17 bits per heavy atom. The Balaban J connectivity index is 2.15. The van der Waals surface area contributed by atoms with Gasteiger partial charge >= 0.3 is 0 Å². The molecule has 0 radical (unpaired) electrons. The van der Waals surface area contributed by atoms with Gasteiger partial charge in [0.2, 0.25) is 0 Å². The van der Waals surface area contributed by atoms with Crippen molar-refractivity contribution in [3.63, 3.8) is 0 Å². The lowest BCUT2D eigenvalue weighted by molar-refractivity contribution is 0.157. The van der Waals surface area contributed by atoms with Crippen molar-refractivity contribution in [3.8, 4) is 0 Å². The van der Waals surface area contributed by atoms with Crippen LogP contribution in [0.3, 0.4) is 0 Å². The van der Waals surface area contributed by atoms with Gasteiger partial charge in [-0.05, 0) is 32.1 Å². The lowest BCUT2D eigenvalue weighted by atomic mass is 10.1. The molecule has 2 heteroatoms. The van der Waals surface area contributed by atoms with E-state index in [1.807, 2.05) is 0 Å². The first kappa shape index (κ1) is 10.0. The summed E-state index contributed by atoms with van der Waals surface area (Å²) in [6.07, 6.45) is 3.99. The number of hydrogen-bond donors (Lipinski definition) is 1. The quantitative estimate of drug-likeness (QED) is 0.658. The molecule has 0 spiro atoms. The molecule has 1 rings (SSSR count). The molecule has 0 bridgehead atoms. The Morgan fingerprint density at radius 1 is 1.50 bits per heavy atom. The zero-order chi connectivity index (χ0) is 8.97. The molecular weight excluding hydrogens is 150 g/mol. The summed E-state index contributed by atoms with van der Waals surface area (Å²) >= 11 is 0. The van der Waals surface area contributed by atoms with E-state index >= 15 is 0 Å². The minimum Gasteiger partial charge on any atom is -0.383 e. The van der Waals surface area contributed by atoms with Gasteiger partial charge < -0.3 is 10.1 Å². The molecule has 1 N–H and O–H groups in total. The van der Waals surface area contributed by atoms with Crippen LogP contribution in [0.4, 0.5) is 0 Å². The Morgan fingerprint density at radius 3 is 2.58 bits per heavy atom. The molecule has 0 aliphatic heterocycles. The van der Waals surface area contributed by atoms with Gasteiger partial charge in [-0.1, -0.05) is 6.92 Å². The molecule has 0 aromatic heterocycles. The van der Waals surface area contributed by atoms with E-state index in [1.165, 1.54) is 12.8 Å². The van der Waals surface area contributed by atoms with Crippen LogP contribution in [0.25, 0.3) is 0 Å². The van der Waals surface area contributed by atoms with Crippen molar-refractivity contribution in [2.24, 2.45) is 5.92 Å². The smallest absolute Gasteiger partial charge is 0.0615 e. The molecule has 0 aromatic carbocycles. The summed E-state index contributed by atoms with van der Waals surface area (Å²) in [6.45, 7) is 5.33. The number of hydrogen-bond acceptors (Lipinski definition) is 2. The highest BCUT2D eigenvalue weighted by atomic mass is 16.5. The van der Waals surface area contributed by atoms with Crippen LogP contribution in [0, 0.1) is 5.92 Å². The van der Waals surface area contributed by atoms with Crippen LogP contribution in [-0.4, -0.2) is 25.8 Å². The third-order valence-electron chi connectivity index (χ3n) is 2.69. The highest BCUT2D eigenvalue weighted by Gasteiger charge is 2.28. The molecule has 12 heavy (non-hydrogen) atoms. The molecule has 1 aliphatic rings. The lowest BCUT2D eigenvalue weighted by Crippen LogP contribution is -2.40. The molecule has 72 valence electrons. The maximum Gasteiger partial charge on any atom is 0.0615 e. The summed E-state index contributed by atoms with van der Waals surface area (Å²) in [6, 6.07) is 1.23. The summed E-state index contributed by atoms with van der Waals surface area (Å²) in [5, 5.41) is 3.60. The molecular formula is C10H21NO. The summed E-state index contributed by atoms with van der Waals surface area (Å²) in [5.74, 6) is 0.941. The van der Waals surface area contributed by atoms with Crippen molar-refractivity contribution >= 4 is 0 Å². The number of nitrogens with one attached hydrogen (secondary N) is 1. The average Bonchev–Trinajstić information content (AvgIpc) is 2.85. The highest BCUT2D eigenvalue weighted by molar-refractivity contribution is 4.85. The van der Waals surface area contributed by atoms with E-state index in [0.29, 0.717) is 12.1 Å². The Bertz CT molecular complexity index is 123. The van der Waals surface area contributed by atoms with E-state index < -0.39 is 0 Å². The van der Waals surface area contributed by atoms with E-state index in [-0.39, 0.29) is 0 Å². The molecule has 2 unspecified atom stereocenters. The van der Waals surface area contributed by atoms with Crippen LogP contribution in [-0.2, 0) is 4.74 Å². The lowest BCUT2D eigenvalue weighted by Gasteiger charge is -2.21. The number of ether oxygens (including phenoxy) is 1. The van der Waals surface area contributed by atoms with Gasteiger partial charge in [0.25, 0.3) is 0 Å². The molecule has 1 fully saturated rings. The highest BCUT2D eigenvalue weighted by Crippen LogP contribution is 2.32. The van der Waals surface area contributed by atoms with Gasteiger partial charge in [0.1, 0.15) is 0 Å². The van der Waals surface area contributed by atoms with Crippen LogP contribution in [0.5, 0.6) is 0 Å². The SMILES string of the molecule is CCC(COC)NC(C)C1CC1. The number of methoxy groups -OCH3 is 1. The largest absolute Gasteiger partial charge is 0.383 e. The Labute approximate surface area is 75.7 Å². The minimum atomic E-state index is 0.547. The summed E-state index contributed by atoms with van der Waals surface area (Å²) < 4.78 is 5.13. The molecule has 0 aromatic rings. The summed E-state index contributed by atoms with van der Waals surface area (Å²) in [7, 11) is 1.77. The van der Waals surface area contributed by atoms with Gasteiger partial charge in [0.05, 0.1) is 6.61 Å². The third kappa shape index (κ3) is 3.11. The number of rotatable bonds is 6. The van der Waals surface area contributed by atoms with E-state index in [0.717, 1.165) is 18.9 Å². The molecule has 2 nitrogen and oxygen atoms in total. The fourth-order valence-corrected chi connectivity index (χ4v) is 1.59. The van der Waals surface area contributed by atoms with Crippen molar-refractivity contribution in [2.45, 2.75) is 45.2 Å². The van der Waals surface area contributed by atoms with E-state index in [2.05, 4.69) is 19.2 Å². The van der Waals surface area contributed by atoms with Gasteiger partial charge in [-0.3, -0.25) is 0 Å². The first-order valence-electron chi connectivity index (χ1n) is 5.03. The van der Waals surface area contributed by atoms with Crippen LogP contribution >= 0.6 is 0 Å². The summed E-state index contributed by atoms with van der Waals surface area (Å²) in [5.41, 5.74) is 0. The van der Waals surface area contributed by atoms with Crippen LogP contribution in [0.2, 0.25) is 0 Å². The second-order valence-corrected chi connectivity index (χ2v) is 3.85. The van der Waals surface area contributed by atoms with Gasteiger partial charge in [0.15, 0.2) is 0 Å². The third-order valence-corrected chi connectivity index (χ3v) is 2.69. The van der Waals surface area contributed by atoms with Crippen molar-refractivity contribution < 1.29 is 4.74 Å². The molecule has 1 aliphatic carbocycles. The van der Waals surface area contributed by atoms with Gasteiger partial charge in [-0.25, -0.2) is 0 Å². The topological polar surface area (TPSA) is 21.3 Å². The average molecular weight is 171 g/mol. The van der Waals surface area contributed by atoms with Crippen molar-refractivity contribution in [1.82, 2.24) is 5.32 Å². The van der Waals surface area contributed by atoms with Crippen LogP contribution in [0.15, 0.2) is 0 Å². The Hall–Kier alpha value is -0.0800. The molecule has 0 saturated heterocycles. The zero-order valence-electron chi connectivity index (χ0n) is 8.47. The minimum absolute atomic E-state index is 0.547. The Kier molecular flexibility index (Phi) is 4.02. The van der Waals surface area contributed by atoms with E-state index in [9.17, 15) is 0 Å². The second-order valence-electron chi connectivity index (χ2n) is 3.85. The first-order valence-corrected chi connectivity index (χ1v) is 5.03. The maximum atomic E-state index is 5.13. The second kappa shape index (κ2) is 4.83. The predicted octanol–water partition coefficient (Wildman–Crippen LogP) is 1.80. The van der Waals surface area contributed by atoms with Crippen molar-refractivity contribution in [2.75, 3.05) is 13.7 Å². The fourth-order valence-electron chi connectivity index (χ4n) is 1.59. The first-order chi connectivity index (χ1) is 5.77. The zero-order valence-corrected chi connectivity index (χ0v) is 8.47. The maximum absolute atomic E-state index is 5.13. The normalized spacial score (nSPS) is 22.2. The molecule has 0 amide bonds. The van der Waals surface area contributed by atoms with E-state index in [1.54, 1.807) is 7.11 Å². The monoisotopic (exact) mass is 171 g/mol. The van der Waals surface area contributed by atoms with Crippen LogP contribution in [0.1, 0.15) is 33.1 Å². The van der Waals surface area contributed by atoms with Gasteiger partial charge in [-0.2, -0.15) is 0 Å². The molecule has 0 heterocycles. The standard InChI is InChI=1S/C10H21NO/c1-4-10(7-12-3)11-8(2)9-5-6-9/h8-11H,4-7H2,1-3H3. The summed E-state index contributed by atoms with van der Waals surface area (Å²) in [4.78, 5) is 0. The molecule has 2 atom stereocenters. The van der Waals surface area contributed by atoms with Crippen molar-refractivity contribution in [3.05, 3.63) is 0 Å². The predicted molar refractivity (Wildman–Crippen MR) is 51.3 cm³/mol. The molecule has 1 saturated carbocycles. The van der Waals surface area contributed by atoms with Crippen LogP contribution < -0.4 is 5.32 Å².